The zero-order chi connectivity index (χ0) is 15.2. The van der Waals surface area contributed by atoms with Crippen LogP contribution in [0.25, 0.3) is 0 Å². The van der Waals surface area contributed by atoms with Crippen LogP contribution in [-0.2, 0) is 7.05 Å². The molecule has 0 spiro atoms. The Kier molecular flexibility index (Phi) is 6.69. The van der Waals surface area contributed by atoms with Crippen LogP contribution in [0.5, 0.6) is 0 Å². The van der Waals surface area contributed by atoms with Gasteiger partial charge in [0.2, 0.25) is 0 Å². The molecule has 116 valence electrons. The number of hydrogen-bond acceptors (Lipinski definition) is 3. The molecule has 0 aliphatic carbocycles. The van der Waals surface area contributed by atoms with Gasteiger partial charge in [0.25, 0.3) is 0 Å². The van der Waals surface area contributed by atoms with E-state index in [1.165, 1.54) is 5.69 Å². The molecule has 0 fully saturated rings. The second kappa shape index (κ2) is 7.79. The molecular weight excluding hydrogens is 248 g/mol. The lowest BCUT2D eigenvalue weighted by atomic mass is 9.80. The first-order valence-electron chi connectivity index (χ1n) is 8.07. The summed E-state index contributed by atoms with van der Waals surface area (Å²) in [6.07, 6.45) is 4.17. The van der Waals surface area contributed by atoms with Crippen LogP contribution in [0.15, 0.2) is 12.3 Å². The summed E-state index contributed by atoms with van der Waals surface area (Å²) in [7, 11) is 2.04. The van der Waals surface area contributed by atoms with Crippen molar-refractivity contribution in [1.29, 1.82) is 0 Å². The van der Waals surface area contributed by atoms with Crippen molar-refractivity contribution in [1.82, 2.24) is 20.0 Å². The smallest absolute Gasteiger partial charge is 0.0678 e. The van der Waals surface area contributed by atoms with Crippen molar-refractivity contribution in [3.05, 3.63) is 18.0 Å². The van der Waals surface area contributed by atoms with Crippen LogP contribution < -0.4 is 5.32 Å². The van der Waals surface area contributed by atoms with E-state index < -0.39 is 0 Å². The van der Waals surface area contributed by atoms with Gasteiger partial charge < -0.3 is 5.32 Å². The molecule has 0 aliphatic heterocycles. The zero-order valence-corrected chi connectivity index (χ0v) is 14.1. The zero-order valence-electron chi connectivity index (χ0n) is 14.1. The lowest BCUT2D eigenvalue weighted by molar-refractivity contribution is 0.0464. The molecular formula is C16H32N4. The van der Waals surface area contributed by atoms with Gasteiger partial charge in [-0.1, -0.05) is 34.6 Å². The normalized spacial score (nSPS) is 13.9. The standard InChI is InChI=1S/C16H32N4/c1-7-16(8-2,20(10-4)11-5)15(17-9-3)14-12-13-18-19(14)6/h12-13,15,17H,7-11H2,1-6H3. The Morgan fingerprint density at radius 1 is 1.20 bits per heavy atom. The van der Waals surface area contributed by atoms with E-state index in [2.05, 4.69) is 56.0 Å². The molecule has 0 radical (unpaired) electrons. The van der Waals surface area contributed by atoms with Crippen LogP contribution in [0, 0.1) is 0 Å². The van der Waals surface area contributed by atoms with Crippen LogP contribution in [0.4, 0.5) is 0 Å². The Morgan fingerprint density at radius 3 is 2.15 bits per heavy atom. The summed E-state index contributed by atoms with van der Waals surface area (Å²) in [5, 5.41) is 8.09. The fourth-order valence-corrected chi connectivity index (χ4v) is 3.58. The predicted molar refractivity (Wildman–Crippen MR) is 85.9 cm³/mol. The third kappa shape index (κ3) is 3.07. The molecule has 0 amide bonds. The summed E-state index contributed by atoms with van der Waals surface area (Å²) in [5.74, 6) is 0. The minimum absolute atomic E-state index is 0.146. The van der Waals surface area contributed by atoms with Gasteiger partial charge in [-0.2, -0.15) is 5.10 Å². The van der Waals surface area contributed by atoms with Crippen molar-refractivity contribution >= 4 is 0 Å². The number of rotatable bonds is 9. The number of aromatic nitrogens is 2. The highest BCUT2D eigenvalue weighted by Gasteiger charge is 2.41. The van der Waals surface area contributed by atoms with Gasteiger partial charge in [0.05, 0.1) is 11.7 Å². The van der Waals surface area contributed by atoms with Gasteiger partial charge in [0.1, 0.15) is 0 Å². The molecule has 0 saturated carbocycles. The van der Waals surface area contributed by atoms with E-state index >= 15 is 0 Å². The quantitative estimate of drug-likeness (QED) is 0.755. The van der Waals surface area contributed by atoms with Gasteiger partial charge in [-0.05, 0) is 38.5 Å². The summed E-state index contributed by atoms with van der Waals surface area (Å²) in [6, 6.07) is 2.46. The van der Waals surface area contributed by atoms with Crippen LogP contribution >= 0.6 is 0 Å². The molecule has 0 aromatic carbocycles. The molecule has 4 nitrogen and oxygen atoms in total. The maximum atomic E-state index is 4.37. The second-order valence-electron chi connectivity index (χ2n) is 5.35. The molecule has 1 aromatic heterocycles. The average Bonchev–Trinajstić information content (AvgIpc) is 2.89. The summed E-state index contributed by atoms with van der Waals surface area (Å²) >= 11 is 0. The summed E-state index contributed by atoms with van der Waals surface area (Å²) in [4.78, 5) is 2.60. The Hall–Kier alpha value is -0.870. The molecule has 1 N–H and O–H groups in total. The first-order valence-corrected chi connectivity index (χ1v) is 8.07. The number of nitrogens with zero attached hydrogens (tertiary/aromatic N) is 3. The van der Waals surface area contributed by atoms with Crippen LogP contribution in [0.1, 0.15) is 59.2 Å². The van der Waals surface area contributed by atoms with Gasteiger partial charge >= 0.3 is 0 Å². The number of likely N-dealkylation sites (N-methyl/N-ethyl adjacent to an activating group) is 2. The largest absolute Gasteiger partial charge is 0.307 e. The molecule has 0 bridgehead atoms. The Labute approximate surface area is 124 Å². The number of hydrogen-bond donors (Lipinski definition) is 1. The SMILES string of the molecule is CCNC(c1ccnn1C)C(CC)(CC)N(CC)CC. The highest BCUT2D eigenvalue weighted by Crippen LogP contribution is 2.37. The highest BCUT2D eigenvalue weighted by molar-refractivity contribution is 5.15. The maximum Gasteiger partial charge on any atom is 0.0678 e. The maximum absolute atomic E-state index is 4.37. The monoisotopic (exact) mass is 280 g/mol. The minimum Gasteiger partial charge on any atom is -0.307 e. The average molecular weight is 280 g/mol. The van der Waals surface area contributed by atoms with Gasteiger partial charge in [0, 0.05) is 18.8 Å². The second-order valence-corrected chi connectivity index (χ2v) is 5.35. The summed E-state index contributed by atoms with van der Waals surface area (Å²) < 4.78 is 2.01. The van der Waals surface area contributed by atoms with Crippen molar-refractivity contribution in [3.63, 3.8) is 0 Å². The van der Waals surface area contributed by atoms with Crippen molar-refractivity contribution in [2.75, 3.05) is 19.6 Å². The lowest BCUT2D eigenvalue weighted by Crippen LogP contribution is -2.56. The Morgan fingerprint density at radius 2 is 1.80 bits per heavy atom. The Balaban J connectivity index is 3.28. The van der Waals surface area contributed by atoms with E-state index in [4.69, 9.17) is 0 Å². The fourth-order valence-electron chi connectivity index (χ4n) is 3.58. The van der Waals surface area contributed by atoms with E-state index in [9.17, 15) is 0 Å². The van der Waals surface area contributed by atoms with Crippen LogP contribution in [0.2, 0.25) is 0 Å². The third-order valence-electron chi connectivity index (χ3n) is 4.72. The molecule has 4 heteroatoms. The molecule has 0 saturated heterocycles. The topological polar surface area (TPSA) is 33.1 Å². The molecule has 1 rings (SSSR count). The van der Waals surface area contributed by atoms with Crippen LogP contribution in [-0.4, -0.2) is 39.9 Å². The van der Waals surface area contributed by atoms with Crippen molar-refractivity contribution in [3.8, 4) is 0 Å². The first-order chi connectivity index (χ1) is 9.61. The third-order valence-corrected chi connectivity index (χ3v) is 4.72. The predicted octanol–water partition coefficient (Wildman–Crippen LogP) is 2.97. The van der Waals surface area contributed by atoms with E-state index in [-0.39, 0.29) is 5.54 Å². The Bertz CT molecular complexity index is 378. The highest BCUT2D eigenvalue weighted by atomic mass is 15.3. The van der Waals surface area contributed by atoms with Crippen LogP contribution in [0.3, 0.4) is 0 Å². The molecule has 1 atom stereocenters. The lowest BCUT2D eigenvalue weighted by Gasteiger charge is -2.48. The van der Waals surface area contributed by atoms with Crippen molar-refractivity contribution < 1.29 is 0 Å². The van der Waals surface area contributed by atoms with E-state index in [1.807, 2.05) is 17.9 Å². The number of aryl methyl sites for hydroxylation is 1. The first kappa shape index (κ1) is 17.2. The molecule has 1 unspecified atom stereocenters. The van der Waals surface area contributed by atoms with E-state index in [0.717, 1.165) is 32.5 Å². The molecule has 1 heterocycles. The minimum atomic E-state index is 0.146. The van der Waals surface area contributed by atoms with Gasteiger partial charge in [-0.3, -0.25) is 9.58 Å². The van der Waals surface area contributed by atoms with Gasteiger partial charge in [-0.15, -0.1) is 0 Å². The molecule has 0 aliphatic rings. The summed E-state index contributed by atoms with van der Waals surface area (Å²) in [6.45, 7) is 14.5. The van der Waals surface area contributed by atoms with E-state index in [1.54, 1.807) is 0 Å². The molecule has 1 aromatic rings. The molecule has 20 heavy (non-hydrogen) atoms. The van der Waals surface area contributed by atoms with Gasteiger partial charge in [-0.25, -0.2) is 0 Å². The van der Waals surface area contributed by atoms with Crippen molar-refractivity contribution in [2.24, 2.45) is 7.05 Å². The summed E-state index contributed by atoms with van der Waals surface area (Å²) in [5.41, 5.74) is 1.43. The van der Waals surface area contributed by atoms with E-state index in [0.29, 0.717) is 6.04 Å². The van der Waals surface area contributed by atoms with Gasteiger partial charge in [0.15, 0.2) is 0 Å². The van der Waals surface area contributed by atoms with Crippen molar-refractivity contribution in [2.45, 2.75) is 59.0 Å². The number of nitrogens with one attached hydrogen (secondary N) is 1. The fraction of sp³-hybridized carbons (Fsp3) is 0.812.